The molecule has 10 rings (SSSR count). The molecule has 0 heterocycles. The Morgan fingerprint density at radius 2 is 0.913 bits per heavy atom. The Labute approximate surface area is 292 Å². The Bertz CT molecular complexity index is 3740. The predicted octanol–water partition coefficient (Wildman–Crippen LogP) is 13.0. The van der Waals surface area contributed by atoms with Crippen molar-refractivity contribution in [1.82, 2.24) is 0 Å². The first-order chi connectivity index (χ1) is 30.3. The van der Waals surface area contributed by atoms with Crippen LogP contribution in [0.3, 0.4) is 0 Å². The molecule has 10 aromatic rings. The van der Waals surface area contributed by atoms with Crippen LogP contribution in [-0.4, -0.2) is 0 Å². The van der Waals surface area contributed by atoms with Gasteiger partial charge < -0.3 is 0 Å². The highest BCUT2D eigenvalue weighted by Gasteiger charge is 2.21. The zero-order valence-electron chi connectivity index (χ0n) is 41.8. The standard InChI is InChI=1S/C46H28/c1-2-9-29(10-3-1)30-17-19-34(20-18-30)43-37-15-6-7-16-38(37)46(45-36-14-5-4-11-31(36)23-28-41(43)45)40-27-25-35-22-21-32-12-8-13-33-24-26-39(40)44(35)42(32)33/h1-28H/i1D,2D,3D,8D,9D,10D,12D,13D,17D,18D,19D,20D,21D,22D,24D,25D,26D,27D. The fourth-order valence-electron chi connectivity index (χ4n) is 6.66. The molecule has 0 radical (unpaired) electrons. The van der Waals surface area contributed by atoms with Crippen LogP contribution in [0.1, 0.15) is 24.7 Å². The molecular weight excluding hydrogens is 553 g/mol. The summed E-state index contributed by atoms with van der Waals surface area (Å²) in [5, 5.41) is 2.13. The van der Waals surface area contributed by atoms with Crippen molar-refractivity contribution in [3.05, 3.63) is 169 Å². The summed E-state index contributed by atoms with van der Waals surface area (Å²) in [6.45, 7) is 0. The van der Waals surface area contributed by atoms with Crippen LogP contribution in [0.4, 0.5) is 0 Å². The summed E-state index contributed by atoms with van der Waals surface area (Å²) in [6, 6.07) is 6.97. The second-order valence-corrected chi connectivity index (χ2v) is 11.0. The minimum absolute atomic E-state index is 0.00862. The van der Waals surface area contributed by atoms with Gasteiger partial charge in [-0.25, -0.2) is 0 Å². The third-order valence-corrected chi connectivity index (χ3v) is 8.60. The molecule has 0 bridgehead atoms. The minimum atomic E-state index is -0.707. The van der Waals surface area contributed by atoms with E-state index in [1.165, 1.54) is 0 Å². The molecule has 0 heteroatoms. The third-order valence-electron chi connectivity index (χ3n) is 8.60. The highest BCUT2D eigenvalue weighted by atomic mass is 14.2. The van der Waals surface area contributed by atoms with Crippen LogP contribution in [0.15, 0.2) is 169 Å². The zero-order valence-corrected chi connectivity index (χ0v) is 23.8. The van der Waals surface area contributed by atoms with Crippen molar-refractivity contribution < 1.29 is 24.7 Å². The number of benzene rings is 10. The van der Waals surface area contributed by atoms with E-state index >= 15 is 0 Å². The third kappa shape index (κ3) is 3.62. The van der Waals surface area contributed by atoms with Crippen LogP contribution in [0.25, 0.3) is 98.0 Å². The van der Waals surface area contributed by atoms with Gasteiger partial charge in [-0.05, 0) is 98.0 Å². The van der Waals surface area contributed by atoms with Crippen LogP contribution in [0, 0.1) is 0 Å². The van der Waals surface area contributed by atoms with Gasteiger partial charge in [0.2, 0.25) is 0 Å². The van der Waals surface area contributed by atoms with Gasteiger partial charge in [-0.2, -0.15) is 0 Å². The first-order valence-electron chi connectivity index (χ1n) is 23.6. The van der Waals surface area contributed by atoms with E-state index in [4.69, 9.17) is 13.7 Å². The summed E-state index contributed by atoms with van der Waals surface area (Å²) >= 11 is 0. The molecule has 0 amide bonds. The van der Waals surface area contributed by atoms with E-state index < -0.39 is 120 Å². The maximum Gasteiger partial charge on any atom is 0.0630 e. The van der Waals surface area contributed by atoms with Crippen molar-refractivity contribution in [2.75, 3.05) is 0 Å². The minimum Gasteiger partial charge on any atom is -0.0622 e. The van der Waals surface area contributed by atoms with E-state index in [1.54, 1.807) is 48.5 Å². The first-order valence-corrected chi connectivity index (χ1v) is 14.6. The van der Waals surface area contributed by atoms with Gasteiger partial charge in [-0.1, -0.05) is 169 Å². The maximum absolute atomic E-state index is 9.73. The first kappa shape index (κ1) is 13.6. The zero-order chi connectivity index (χ0) is 45.9. The number of hydrogen-bond acceptors (Lipinski definition) is 0. The molecule has 0 aliphatic carbocycles. The highest BCUT2D eigenvalue weighted by Crippen LogP contribution is 2.49. The molecule has 0 aliphatic heterocycles. The van der Waals surface area contributed by atoms with Crippen LogP contribution in [0.2, 0.25) is 0 Å². The van der Waals surface area contributed by atoms with Crippen molar-refractivity contribution in [2.45, 2.75) is 0 Å². The van der Waals surface area contributed by atoms with Gasteiger partial charge in [0.1, 0.15) is 0 Å². The number of hydrogen-bond donors (Lipinski definition) is 0. The molecule has 46 heavy (non-hydrogen) atoms. The number of fused-ring (bicyclic) bond motifs is 4. The molecule has 0 spiro atoms. The topological polar surface area (TPSA) is 0 Å². The molecule has 212 valence electrons. The predicted molar refractivity (Wildman–Crippen MR) is 199 cm³/mol. The molecule has 0 fully saturated rings. The molecule has 10 aromatic carbocycles. The summed E-state index contributed by atoms with van der Waals surface area (Å²) in [7, 11) is 0. The van der Waals surface area contributed by atoms with E-state index in [1.807, 2.05) is 12.1 Å². The average Bonchev–Trinajstić information content (AvgIpc) is 3.28. The van der Waals surface area contributed by atoms with Crippen molar-refractivity contribution in [3.63, 3.8) is 0 Å². The molecular formula is C46H28. The van der Waals surface area contributed by atoms with Crippen molar-refractivity contribution >= 4 is 64.6 Å². The molecule has 0 atom stereocenters. The summed E-state index contributed by atoms with van der Waals surface area (Å²) in [5.74, 6) is 0. The monoisotopic (exact) mass is 598 g/mol. The van der Waals surface area contributed by atoms with Crippen LogP contribution >= 0.6 is 0 Å². The fourth-order valence-corrected chi connectivity index (χ4v) is 6.66. The van der Waals surface area contributed by atoms with Gasteiger partial charge in [-0.15, -0.1) is 0 Å². The smallest absolute Gasteiger partial charge is 0.0622 e. The molecule has 0 nitrogen and oxygen atoms in total. The van der Waals surface area contributed by atoms with E-state index in [0.29, 0.717) is 32.3 Å². The quantitative estimate of drug-likeness (QED) is 0.140. The molecule has 0 aliphatic rings. The van der Waals surface area contributed by atoms with Crippen molar-refractivity contribution in [2.24, 2.45) is 0 Å². The second-order valence-electron chi connectivity index (χ2n) is 11.0. The molecule has 0 saturated heterocycles. The van der Waals surface area contributed by atoms with Gasteiger partial charge in [0.15, 0.2) is 0 Å². The summed E-state index contributed by atoms with van der Waals surface area (Å²) in [5.41, 5.74) is -0.645. The highest BCUT2D eigenvalue weighted by molar-refractivity contribution is 6.32. The lowest BCUT2D eigenvalue weighted by Crippen LogP contribution is -1.93. The average molecular weight is 599 g/mol. The summed E-state index contributed by atoms with van der Waals surface area (Å²) in [6.07, 6.45) is 0. The van der Waals surface area contributed by atoms with Crippen LogP contribution in [-0.2, 0) is 0 Å². The van der Waals surface area contributed by atoms with Gasteiger partial charge in [0.05, 0.1) is 24.7 Å². The Morgan fingerprint density at radius 3 is 1.70 bits per heavy atom. The van der Waals surface area contributed by atoms with E-state index in [2.05, 4.69) is 0 Å². The van der Waals surface area contributed by atoms with E-state index in [-0.39, 0.29) is 54.6 Å². The summed E-state index contributed by atoms with van der Waals surface area (Å²) < 4.78 is 162. The van der Waals surface area contributed by atoms with E-state index in [9.17, 15) is 11.0 Å². The second kappa shape index (κ2) is 9.76. The Hall–Kier alpha value is -5.98. The fraction of sp³-hybridized carbons (Fsp3) is 0. The lowest BCUT2D eigenvalue weighted by atomic mass is 9.82. The maximum atomic E-state index is 9.73. The van der Waals surface area contributed by atoms with Gasteiger partial charge in [0, 0.05) is 0 Å². The summed E-state index contributed by atoms with van der Waals surface area (Å²) in [4.78, 5) is 0. The van der Waals surface area contributed by atoms with Gasteiger partial charge >= 0.3 is 0 Å². The van der Waals surface area contributed by atoms with Gasteiger partial charge in [0.25, 0.3) is 0 Å². The number of rotatable bonds is 3. The van der Waals surface area contributed by atoms with Crippen molar-refractivity contribution in [3.8, 4) is 33.4 Å². The Kier molecular flexibility index (Phi) is 2.88. The molecule has 0 N–H and O–H groups in total. The van der Waals surface area contributed by atoms with E-state index in [0.717, 1.165) is 0 Å². The Morgan fingerprint density at radius 1 is 0.304 bits per heavy atom. The van der Waals surface area contributed by atoms with Crippen LogP contribution < -0.4 is 0 Å². The lowest BCUT2D eigenvalue weighted by molar-refractivity contribution is 1.61. The van der Waals surface area contributed by atoms with Crippen molar-refractivity contribution in [1.29, 1.82) is 0 Å². The normalized spacial score (nSPS) is 17.4. The van der Waals surface area contributed by atoms with Crippen LogP contribution in [0.5, 0.6) is 0 Å². The largest absolute Gasteiger partial charge is 0.0630 e. The lowest BCUT2D eigenvalue weighted by Gasteiger charge is -2.21. The molecule has 0 saturated carbocycles. The SMILES string of the molecule is [2H]c1c([2H])c([2H])c(-c2c([2H])c([2H])c(-c3c4ccccc4c(-c4c([2H])c([2H])c5c([2H])c([2H])c6c([2H])c([2H])c([2H])c7c([2H])c([2H])c4c5c67)c4c3ccc3ccccc34)c([2H])c2[2H])c([2H])c1[2H]. The molecule has 0 aromatic heterocycles. The Balaban J connectivity index is 1.45. The van der Waals surface area contributed by atoms with Gasteiger partial charge in [-0.3, -0.25) is 0 Å². The molecule has 0 unspecified atom stereocenters.